The van der Waals surface area contributed by atoms with Crippen LogP contribution >= 0.6 is 35.3 Å². The number of aliphatic hydroxyl groups is 1. The van der Waals surface area contributed by atoms with Gasteiger partial charge < -0.3 is 20.6 Å². The molecule has 1 aromatic rings. The van der Waals surface area contributed by atoms with Crippen molar-refractivity contribution in [3.05, 3.63) is 22.4 Å². The molecule has 1 saturated heterocycles. The molecule has 1 aliphatic heterocycles. The summed E-state index contributed by atoms with van der Waals surface area (Å²) in [5.74, 6) is 1.69. The Hall–Kier alpha value is -0.380. The molecule has 0 aromatic carbocycles. The minimum absolute atomic E-state index is 0. The Balaban J connectivity index is 0.00000364. The SMILES string of the molecule is CCNC(=NCC(C)(O)c1ccsc1)NCCCCN1CCC(C)CC1.I. The fraction of sp³-hybridized carbons (Fsp3) is 0.750. The maximum Gasteiger partial charge on any atom is 0.191 e. The first-order valence-corrected chi connectivity index (χ1v) is 10.9. The standard InChI is InChI=1S/C20H36N4OS.HI/c1-4-21-19(23-16-20(3,25)18-9-14-26-15-18)22-10-5-6-11-24-12-7-17(2)8-13-24;/h9,14-15,17,25H,4-8,10-13,16H2,1-3H3,(H2,21,22,23);1H. The number of likely N-dealkylation sites (tertiary alicyclic amines) is 1. The first kappa shape index (κ1) is 24.7. The van der Waals surface area contributed by atoms with Crippen LogP contribution in [0.1, 0.15) is 52.0 Å². The van der Waals surface area contributed by atoms with Crippen LogP contribution in [0.25, 0.3) is 0 Å². The van der Waals surface area contributed by atoms with E-state index in [4.69, 9.17) is 0 Å². The molecule has 1 fully saturated rings. The highest BCUT2D eigenvalue weighted by molar-refractivity contribution is 14.0. The second kappa shape index (κ2) is 13.0. The van der Waals surface area contributed by atoms with Crippen LogP contribution in [0.4, 0.5) is 0 Å². The van der Waals surface area contributed by atoms with E-state index in [1.807, 2.05) is 23.8 Å². The fourth-order valence-electron chi connectivity index (χ4n) is 3.19. The molecule has 7 heteroatoms. The molecule has 2 heterocycles. The lowest BCUT2D eigenvalue weighted by Crippen LogP contribution is -2.39. The van der Waals surface area contributed by atoms with Crippen molar-refractivity contribution < 1.29 is 5.11 Å². The van der Waals surface area contributed by atoms with Crippen LogP contribution in [0.5, 0.6) is 0 Å². The van der Waals surface area contributed by atoms with Crippen LogP contribution in [0.2, 0.25) is 0 Å². The van der Waals surface area contributed by atoms with Gasteiger partial charge in [0.05, 0.1) is 6.54 Å². The molecule has 0 radical (unpaired) electrons. The van der Waals surface area contributed by atoms with Crippen LogP contribution < -0.4 is 10.6 Å². The predicted molar refractivity (Wildman–Crippen MR) is 127 cm³/mol. The summed E-state index contributed by atoms with van der Waals surface area (Å²) in [6, 6.07) is 1.96. The van der Waals surface area contributed by atoms with Gasteiger partial charge in [-0.3, -0.25) is 0 Å². The minimum Gasteiger partial charge on any atom is -0.383 e. The Kier molecular flexibility index (Phi) is 11.8. The molecule has 0 spiro atoms. The number of rotatable bonds is 9. The van der Waals surface area contributed by atoms with Crippen LogP contribution in [-0.4, -0.2) is 55.2 Å². The quantitative estimate of drug-likeness (QED) is 0.206. The summed E-state index contributed by atoms with van der Waals surface area (Å²) < 4.78 is 0. The van der Waals surface area contributed by atoms with Crippen molar-refractivity contribution in [2.24, 2.45) is 10.9 Å². The molecule has 1 unspecified atom stereocenters. The van der Waals surface area contributed by atoms with Gasteiger partial charge in [0.1, 0.15) is 5.60 Å². The predicted octanol–water partition coefficient (Wildman–Crippen LogP) is 3.64. The average Bonchev–Trinajstić information content (AvgIpc) is 3.16. The van der Waals surface area contributed by atoms with Crippen molar-refractivity contribution >= 4 is 41.3 Å². The third-order valence-electron chi connectivity index (χ3n) is 5.10. The first-order valence-electron chi connectivity index (χ1n) is 10.0. The van der Waals surface area contributed by atoms with Gasteiger partial charge in [0.2, 0.25) is 0 Å². The highest BCUT2D eigenvalue weighted by Gasteiger charge is 2.23. The maximum absolute atomic E-state index is 10.6. The highest BCUT2D eigenvalue weighted by Crippen LogP contribution is 2.23. The van der Waals surface area contributed by atoms with Crippen molar-refractivity contribution in [1.29, 1.82) is 0 Å². The van der Waals surface area contributed by atoms with Crippen LogP contribution in [-0.2, 0) is 5.60 Å². The second-order valence-electron chi connectivity index (χ2n) is 7.64. The zero-order chi connectivity index (χ0) is 18.8. The monoisotopic (exact) mass is 508 g/mol. The van der Waals surface area contributed by atoms with Crippen molar-refractivity contribution in [3.8, 4) is 0 Å². The summed E-state index contributed by atoms with van der Waals surface area (Å²) in [6.07, 6.45) is 5.05. The number of hydrogen-bond acceptors (Lipinski definition) is 4. The summed E-state index contributed by atoms with van der Waals surface area (Å²) in [4.78, 5) is 7.17. The molecule has 2 rings (SSSR count). The summed E-state index contributed by atoms with van der Waals surface area (Å²) in [6.45, 7) is 12.0. The summed E-state index contributed by atoms with van der Waals surface area (Å²) in [7, 11) is 0. The van der Waals surface area contributed by atoms with E-state index in [-0.39, 0.29) is 24.0 Å². The maximum atomic E-state index is 10.6. The lowest BCUT2D eigenvalue weighted by molar-refractivity contribution is 0.0677. The summed E-state index contributed by atoms with van der Waals surface area (Å²) in [5, 5.41) is 21.2. The van der Waals surface area contributed by atoms with Gasteiger partial charge in [-0.25, -0.2) is 4.99 Å². The normalized spacial score (nSPS) is 18.6. The lowest BCUT2D eigenvalue weighted by atomic mass is 9.99. The van der Waals surface area contributed by atoms with Crippen LogP contribution in [0.3, 0.4) is 0 Å². The molecule has 0 saturated carbocycles. The number of unbranched alkanes of at least 4 members (excludes halogenated alkanes) is 1. The molecular weight excluding hydrogens is 471 g/mol. The van der Waals surface area contributed by atoms with Crippen molar-refractivity contribution in [2.45, 2.75) is 52.1 Å². The van der Waals surface area contributed by atoms with Crippen molar-refractivity contribution in [3.63, 3.8) is 0 Å². The molecule has 27 heavy (non-hydrogen) atoms. The first-order chi connectivity index (χ1) is 12.5. The van der Waals surface area contributed by atoms with Gasteiger partial charge in [0.15, 0.2) is 5.96 Å². The molecular formula is C20H37IN4OS. The van der Waals surface area contributed by atoms with Crippen LogP contribution in [0.15, 0.2) is 21.8 Å². The molecule has 1 aromatic heterocycles. The van der Waals surface area contributed by atoms with Gasteiger partial charge in [0, 0.05) is 13.1 Å². The molecule has 0 aliphatic carbocycles. The highest BCUT2D eigenvalue weighted by atomic mass is 127. The molecule has 0 amide bonds. The Morgan fingerprint density at radius 2 is 2.07 bits per heavy atom. The van der Waals surface area contributed by atoms with Gasteiger partial charge in [-0.05, 0) is 87.5 Å². The number of piperidine rings is 1. The second-order valence-corrected chi connectivity index (χ2v) is 8.42. The fourth-order valence-corrected chi connectivity index (χ4v) is 3.97. The molecule has 0 bridgehead atoms. The molecule has 156 valence electrons. The van der Waals surface area contributed by atoms with E-state index in [1.54, 1.807) is 11.3 Å². The third-order valence-corrected chi connectivity index (χ3v) is 5.79. The van der Waals surface area contributed by atoms with E-state index in [2.05, 4.69) is 34.4 Å². The topological polar surface area (TPSA) is 59.9 Å². The van der Waals surface area contributed by atoms with Gasteiger partial charge in [-0.1, -0.05) is 6.92 Å². The minimum atomic E-state index is -0.923. The van der Waals surface area contributed by atoms with Gasteiger partial charge in [-0.2, -0.15) is 11.3 Å². The van der Waals surface area contributed by atoms with Crippen LogP contribution in [0, 0.1) is 5.92 Å². The van der Waals surface area contributed by atoms with E-state index in [9.17, 15) is 5.11 Å². The number of nitrogens with zero attached hydrogens (tertiary/aromatic N) is 2. The van der Waals surface area contributed by atoms with Crippen molar-refractivity contribution in [2.75, 3.05) is 39.3 Å². The Morgan fingerprint density at radius 3 is 2.70 bits per heavy atom. The number of halogens is 1. The van der Waals surface area contributed by atoms with E-state index in [0.29, 0.717) is 6.54 Å². The van der Waals surface area contributed by atoms with E-state index >= 15 is 0 Å². The van der Waals surface area contributed by atoms with E-state index < -0.39 is 5.60 Å². The number of guanidine groups is 1. The Bertz CT molecular complexity index is 528. The zero-order valence-electron chi connectivity index (χ0n) is 17.0. The van der Waals surface area contributed by atoms with E-state index in [1.165, 1.54) is 38.9 Å². The number of aliphatic imine (C=N–C) groups is 1. The molecule has 3 N–H and O–H groups in total. The Labute approximate surface area is 186 Å². The number of hydrogen-bond donors (Lipinski definition) is 3. The largest absolute Gasteiger partial charge is 0.383 e. The zero-order valence-corrected chi connectivity index (χ0v) is 20.2. The summed E-state index contributed by atoms with van der Waals surface area (Å²) in [5.41, 5.74) is 0.00579. The number of nitrogens with one attached hydrogen (secondary N) is 2. The van der Waals surface area contributed by atoms with Gasteiger partial charge >= 0.3 is 0 Å². The average molecular weight is 509 g/mol. The molecule has 1 aliphatic rings. The van der Waals surface area contributed by atoms with E-state index in [0.717, 1.165) is 37.0 Å². The Morgan fingerprint density at radius 1 is 1.33 bits per heavy atom. The lowest BCUT2D eigenvalue weighted by Gasteiger charge is -2.30. The van der Waals surface area contributed by atoms with Crippen molar-refractivity contribution in [1.82, 2.24) is 15.5 Å². The summed E-state index contributed by atoms with van der Waals surface area (Å²) >= 11 is 1.60. The smallest absolute Gasteiger partial charge is 0.191 e. The molecule has 1 atom stereocenters. The van der Waals surface area contributed by atoms with Gasteiger partial charge in [-0.15, -0.1) is 24.0 Å². The number of thiophene rings is 1. The molecule has 5 nitrogen and oxygen atoms in total. The van der Waals surface area contributed by atoms with Gasteiger partial charge in [0.25, 0.3) is 0 Å². The third kappa shape index (κ3) is 9.11.